The zero-order chi connectivity index (χ0) is 15.0. The maximum absolute atomic E-state index is 12.3. The van der Waals surface area contributed by atoms with E-state index in [-0.39, 0.29) is 18.4 Å². The highest BCUT2D eigenvalue weighted by molar-refractivity contribution is 5.78. The van der Waals surface area contributed by atoms with Crippen molar-refractivity contribution in [2.45, 2.75) is 64.3 Å². The minimum atomic E-state index is -0.818. The topological polar surface area (TPSA) is 83.6 Å². The Morgan fingerprint density at radius 1 is 1.35 bits per heavy atom. The quantitative estimate of drug-likeness (QED) is 0.678. The second kappa shape index (κ2) is 8.95. The standard InChI is InChI=1S/C15H28N2O3/c1-2-4-12(8-9-16)6-7-14(18)17-10-3-5-13(17)11-15(19)20/h12-13H,2-11,16H2,1H3,(H,19,20). The molecule has 3 N–H and O–H groups in total. The van der Waals surface area contributed by atoms with Crippen LogP contribution in [0.5, 0.6) is 0 Å². The van der Waals surface area contributed by atoms with Crippen LogP contribution in [0.4, 0.5) is 0 Å². The molecule has 20 heavy (non-hydrogen) atoms. The summed E-state index contributed by atoms with van der Waals surface area (Å²) in [7, 11) is 0. The highest BCUT2D eigenvalue weighted by Crippen LogP contribution is 2.23. The maximum atomic E-state index is 12.3. The minimum Gasteiger partial charge on any atom is -0.481 e. The number of aliphatic carboxylic acids is 1. The van der Waals surface area contributed by atoms with Crippen LogP contribution in [0.15, 0.2) is 0 Å². The first-order valence-corrected chi connectivity index (χ1v) is 7.79. The molecule has 0 aromatic rings. The molecule has 2 unspecified atom stereocenters. The molecule has 0 saturated carbocycles. The van der Waals surface area contributed by atoms with Crippen molar-refractivity contribution in [3.05, 3.63) is 0 Å². The van der Waals surface area contributed by atoms with Gasteiger partial charge in [0.15, 0.2) is 0 Å². The van der Waals surface area contributed by atoms with Crippen molar-refractivity contribution in [1.29, 1.82) is 0 Å². The monoisotopic (exact) mass is 284 g/mol. The third-order valence-corrected chi connectivity index (χ3v) is 4.15. The summed E-state index contributed by atoms with van der Waals surface area (Å²) in [5.74, 6) is -0.178. The molecule has 116 valence electrons. The predicted octanol–water partition coefficient (Wildman–Crippen LogP) is 2.00. The van der Waals surface area contributed by atoms with Gasteiger partial charge in [-0.25, -0.2) is 0 Å². The largest absolute Gasteiger partial charge is 0.481 e. The van der Waals surface area contributed by atoms with E-state index >= 15 is 0 Å². The molecule has 0 aromatic heterocycles. The fourth-order valence-electron chi connectivity index (χ4n) is 3.13. The van der Waals surface area contributed by atoms with Gasteiger partial charge in [-0.15, -0.1) is 0 Å². The van der Waals surface area contributed by atoms with Crippen molar-refractivity contribution in [1.82, 2.24) is 4.90 Å². The molecule has 0 bridgehead atoms. The van der Waals surface area contributed by atoms with Crippen LogP contribution < -0.4 is 5.73 Å². The summed E-state index contributed by atoms with van der Waals surface area (Å²) in [6.45, 7) is 3.53. The molecule has 0 aromatic carbocycles. The van der Waals surface area contributed by atoms with Crippen molar-refractivity contribution in [3.63, 3.8) is 0 Å². The summed E-state index contributed by atoms with van der Waals surface area (Å²) in [4.78, 5) is 24.8. The first-order valence-electron chi connectivity index (χ1n) is 7.79. The third-order valence-electron chi connectivity index (χ3n) is 4.15. The van der Waals surface area contributed by atoms with Gasteiger partial charge in [0, 0.05) is 19.0 Å². The van der Waals surface area contributed by atoms with Gasteiger partial charge in [-0.05, 0) is 38.1 Å². The van der Waals surface area contributed by atoms with Crippen LogP contribution in [0, 0.1) is 5.92 Å². The molecule has 1 aliphatic heterocycles. The van der Waals surface area contributed by atoms with Gasteiger partial charge in [-0.2, -0.15) is 0 Å². The highest BCUT2D eigenvalue weighted by Gasteiger charge is 2.30. The van der Waals surface area contributed by atoms with Crippen molar-refractivity contribution >= 4 is 11.9 Å². The van der Waals surface area contributed by atoms with Crippen LogP contribution in [0.2, 0.25) is 0 Å². The van der Waals surface area contributed by atoms with Crippen LogP contribution in [0.3, 0.4) is 0 Å². The Bertz CT molecular complexity index is 314. The average Bonchev–Trinajstić information content (AvgIpc) is 2.83. The van der Waals surface area contributed by atoms with Gasteiger partial charge in [0.2, 0.25) is 5.91 Å². The number of carboxylic acid groups (broad SMARTS) is 1. The predicted molar refractivity (Wildman–Crippen MR) is 78.3 cm³/mol. The summed E-state index contributed by atoms with van der Waals surface area (Å²) in [6, 6.07) is -0.0980. The molecule has 5 nitrogen and oxygen atoms in total. The zero-order valence-electron chi connectivity index (χ0n) is 12.5. The molecule has 1 heterocycles. The fraction of sp³-hybridized carbons (Fsp3) is 0.867. The Kier molecular flexibility index (Phi) is 7.59. The second-order valence-corrected chi connectivity index (χ2v) is 5.75. The fourth-order valence-corrected chi connectivity index (χ4v) is 3.13. The first kappa shape index (κ1) is 17.0. The maximum Gasteiger partial charge on any atom is 0.305 e. The Morgan fingerprint density at radius 3 is 2.70 bits per heavy atom. The number of rotatable bonds is 9. The van der Waals surface area contributed by atoms with Crippen molar-refractivity contribution < 1.29 is 14.7 Å². The van der Waals surface area contributed by atoms with Gasteiger partial charge in [0.05, 0.1) is 6.42 Å². The Balaban J connectivity index is 2.42. The summed E-state index contributed by atoms with van der Waals surface area (Å²) in [5.41, 5.74) is 5.60. The van der Waals surface area contributed by atoms with Gasteiger partial charge in [0.1, 0.15) is 0 Å². The van der Waals surface area contributed by atoms with Crippen LogP contribution in [-0.4, -0.2) is 41.0 Å². The summed E-state index contributed by atoms with van der Waals surface area (Å²) >= 11 is 0. The van der Waals surface area contributed by atoms with E-state index in [1.807, 2.05) is 0 Å². The number of hydrogen-bond acceptors (Lipinski definition) is 3. The van der Waals surface area contributed by atoms with E-state index in [9.17, 15) is 9.59 Å². The number of carboxylic acids is 1. The number of nitrogens with zero attached hydrogens (tertiary/aromatic N) is 1. The first-order chi connectivity index (χ1) is 9.58. The lowest BCUT2D eigenvalue weighted by Crippen LogP contribution is -2.37. The molecular formula is C15H28N2O3. The summed E-state index contributed by atoms with van der Waals surface area (Å²) in [6.07, 6.45) is 6.42. The third kappa shape index (κ3) is 5.49. The zero-order valence-corrected chi connectivity index (χ0v) is 12.5. The van der Waals surface area contributed by atoms with E-state index in [1.165, 1.54) is 0 Å². The second-order valence-electron chi connectivity index (χ2n) is 5.75. The number of nitrogens with two attached hydrogens (primary N) is 1. The lowest BCUT2D eigenvalue weighted by atomic mass is 9.94. The van der Waals surface area contributed by atoms with Crippen molar-refractivity contribution in [2.75, 3.05) is 13.1 Å². The highest BCUT2D eigenvalue weighted by atomic mass is 16.4. The van der Waals surface area contributed by atoms with Crippen LogP contribution >= 0.6 is 0 Å². The molecule has 0 aliphatic carbocycles. The normalized spacial score (nSPS) is 20.1. The molecular weight excluding hydrogens is 256 g/mol. The van der Waals surface area contributed by atoms with Crippen molar-refractivity contribution in [2.24, 2.45) is 11.7 Å². The van der Waals surface area contributed by atoms with Gasteiger partial charge >= 0.3 is 5.97 Å². The Labute approximate surface area is 121 Å². The molecule has 2 atom stereocenters. The number of carbonyl (C=O) groups is 2. The van der Waals surface area contributed by atoms with E-state index < -0.39 is 5.97 Å². The summed E-state index contributed by atoms with van der Waals surface area (Å²) < 4.78 is 0. The van der Waals surface area contributed by atoms with E-state index in [0.717, 1.165) is 38.5 Å². The van der Waals surface area contributed by atoms with E-state index in [2.05, 4.69) is 6.92 Å². The number of amides is 1. The number of hydrogen-bond donors (Lipinski definition) is 2. The molecule has 0 spiro atoms. The van der Waals surface area contributed by atoms with E-state index in [0.29, 0.717) is 25.4 Å². The van der Waals surface area contributed by atoms with Gasteiger partial charge in [-0.3, -0.25) is 9.59 Å². The van der Waals surface area contributed by atoms with E-state index in [4.69, 9.17) is 10.8 Å². The van der Waals surface area contributed by atoms with Crippen LogP contribution in [-0.2, 0) is 9.59 Å². The summed E-state index contributed by atoms with van der Waals surface area (Å²) in [5, 5.41) is 8.88. The number of carbonyl (C=O) groups excluding carboxylic acids is 1. The van der Waals surface area contributed by atoms with E-state index in [1.54, 1.807) is 4.90 Å². The molecule has 5 heteroatoms. The molecule has 1 aliphatic rings. The van der Waals surface area contributed by atoms with Gasteiger partial charge in [0.25, 0.3) is 0 Å². The Hall–Kier alpha value is -1.10. The average molecular weight is 284 g/mol. The lowest BCUT2D eigenvalue weighted by molar-refractivity contribution is -0.140. The molecule has 1 rings (SSSR count). The minimum absolute atomic E-state index is 0.0763. The SMILES string of the molecule is CCCC(CCN)CCC(=O)N1CCCC1CC(=O)O. The number of likely N-dealkylation sites (tertiary alicyclic amines) is 1. The molecule has 1 fully saturated rings. The molecule has 0 radical (unpaired) electrons. The smallest absolute Gasteiger partial charge is 0.305 e. The van der Waals surface area contributed by atoms with Gasteiger partial charge in [-0.1, -0.05) is 19.8 Å². The molecule has 1 saturated heterocycles. The van der Waals surface area contributed by atoms with Crippen LogP contribution in [0.25, 0.3) is 0 Å². The Morgan fingerprint density at radius 2 is 2.10 bits per heavy atom. The lowest BCUT2D eigenvalue weighted by Gasteiger charge is -2.24. The van der Waals surface area contributed by atoms with Crippen LogP contribution in [0.1, 0.15) is 58.3 Å². The van der Waals surface area contributed by atoms with Crippen molar-refractivity contribution in [3.8, 4) is 0 Å². The van der Waals surface area contributed by atoms with Gasteiger partial charge < -0.3 is 15.7 Å². The molecule has 1 amide bonds.